The van der Waals surface area contributed by atoms with Crippen LogP contribution in [0, 0.1) is 6.92 Å². The first kappa shape index (κ1) is 13.2. The van der Waals surface area contributed by atoms with Crippen LogP contribution < -0.4 is 10.6 Å². The summed E-state index contributed by atoms with van der Waals surface area (Å²) in [7, 11) is 0. The van der Waals surface area contributed by atoms with Gasteiger partial charge in [0, 0.05) is 13.1 Å². The molecule has 0 saturated heterocycles. The molecule has 16 heavy (non-hydrogen) atoms. The molecule has 1 rings (SSSR count). The van der Waals surface area contributed by atoms with Crippen LogP contribution >= 0.6 is 0 Å². The number of hydrogen-bond acceptors (Lipinski definition) is 2. The molecule has 0 bridgehead atoms. The predicted molar refractivity (Wildman–Crippen MR) is 70.9 cm³/mol. The quantitative estimate of drug-likeness (QED) is 0.656. The van der Waals surface area contributed by atoms with Crippen molar-refractivity contribution in [2.45, 2.75) is 26.7 Å². The molecule has 2 nitrogen and oxygen atoms in total. The van der Waals surface area contributed by atoms with Gasteiger partial charge in [0.2, 0.25) is 0 Å². The van der Waals surface area contributed by atoms with Crippen LogP contribution in [0.3, 0.4) is 0 Å². The topological polar surface area (TPSA) is 24.1 Å². The summed E-state index contributed by atoms with van der Waals surface area (Å²) in [6.07, 6.45) is 2.33. The minimum Gasteiger partial charge on any atom is -0.315 e. The van der Waals surface area contributed by atoms with Crippen molar-refractivity contribution in [2.75, 3.05) is 26.2 Å². The van der Waals surface area contributed by atoms with E-state index < -0.39 is 0 Å². The van der Waals surface area contributed by atoms with E-state index in [1.54, 1.807) is 0 Å². The lowest BCUT2D eigenvalue weighted by Gasteiger charge is -2.06. The van der Waals surface area contributed by atoms with Crippen molar-refractivity contribution in [1.29, 1.82) is 0 Å². The van der Waals surface area contributed by atoms with Crippen molar-refractivity contribution in [3.8, 4) is 0 Å². The molecule has 0 aromatic heterocycles. The van der Waals surface area contributed by atoms with E-state index in [0.717, 1.165) is 32.6 Å². The molecule has 0 amide bonds. The van der Waals surface area contributed by atoms with E-state index >= 15 is 0 Å². The zero-order chi connectivity index (χ0) is 11.6. The fourth-order valence-corrected chi connectivity index (χ4v) is 1.59. The van der Waals surface area contributed by atoms with Crippen LogP contribution in [-0.2, 0) is 6.42 Å². The summed E-state index contributed by atoms with van der Waals surface area (Å²) < 4.78 is 0. The molecule has 0 fully saturated rings. The fraction of sp³-hybridized carbons (Fsp3) is 0.571. The lowest BCUT2D eigenvalue weighted by Crippen LogP contribution is -2.29. The molecule has 1 aromatic carbocycles. The Morgan fingerprint density at radius 1 is 0.875 bits per heavy atom. The molecule has 0 aliphatic carbocycles. The molecule has 0 aliphatic heterocycles. The molecule has 0 heterocycles. The first-order valence-corrected chi connectivity index (χ1v) is 6.30. The Hall–Kier alpha value is -0.860. The lowest BCUT2D eigenvalue weighted by atomic mass is 10.1. The highest BCUT2D eigenvalue weighted by atomic mass is 14.9. The Kier molecular flexibility index (Phi) is 6.86. The van der Waals surface area contributed by atoms with Crippen LogP contribution in [0.15, 0.2) is 24.3 Å². The van der Waals surface area contributed by atoms with Crippen LogP contribution in [0.5, 0.6) is 0 Å². The zero-order valence-corrected chi connectivity index (χ0v) is 10.6. The van der Waals surface area contributed by atoms with Gasteiger partial charge in [-0.3, -0.25) is 0 Å². The Labute approximate surface area is 99.5 Å². The Balaban J connectivity index is 2.01. The molecule has 0 spiro atoms. The van der Waals surface area contributed by atoms with Crippen LogP contribution in [0.25, 0.3) is 0 Å². The molecular formula is C14H24N2. The minimum absolute atomic E-state index is 1.06. The normalized spacial score (nSPS) is 10.6. The average molecular weight is 220 g/mol. The molecule has 0 radical (unpaired) electrons. The van der Waals surface area contributed by atoms with Gasteiger partial charge in [0.05, 0.1) is 0 Å². The van der Waals surface area contributed by atoms with Crippen LogP contribution in [0.2, 0.25) is 0 Å². The van der Waals surface area contributed by atoms with Gasteiger partial charge in [-0.15, -0.1) is 0 Å². The van der Waals surface area contributed by atoms with Gasteiger partial charge in [0.25, 0.3) is 0 Å². The van der Waals surface area contributed by atoms with Crippen LogP contribution in [0.1, 0.15) is 24.5 Å². The van der Waals surface area contributed by atoms with Gasteiger partial charge >= 0.3 is 0 Å². The van der Waals surface area contributed by atoms with Gasteiger partial charge < -0.3 is 10.6 Å². The molecule has 1 aromatic rings. The van der Waals surface area contributed by atoms with E-state index in [0.29, 0.717) is 0 Å². The van der Waals surface area contributed by atoms with E-state index in [-0.39, 0.29) is 0 Å². The predicted octanol–water partition coefficient (Wildman–Crippen LogP) is 2.13. The largest absolute Gasteiger partial charge is 0.315 e. The standard InChI is InChI=1S/C14H24N2/c1-3-9-15-11-12-16-10-8-14-6-4-13(2)5-7-14/h4-7,15-16H,3,8-12H2,1-2H3. The molecule has 2 N–H and O–H groups in total. The Morgan fingerprint density at radius 2 is 1.50 bits per heavy atom. The SMILES string of the molecule is CCCNCCNCCc1ccc(C)cc1. The second kappa shape index (κ2) is 8.31. The summed E-state index contributed by atoms with van der Waals surface area (Å²) in [5, 5.41) is 6.82. The minimum atomic E-state index is 1.06. The monoisotopic (exact) mass is 220 g/mol. The smallest absolute Gasteiger partial charge is 0.00768 e. The first-order valence-electron chi connectivity index (χ1n) is 6.30. The van der Waals surface area contributed by atoms with Gasteiger partial charge in [-0.2, -0.15) is 0 Å². The molecular weight excluding hydrogens is 196 g/mol. The summed E-state index contributed by atoms with van der Waals surface area (Å²) in [5.41, 5.74) is 2.75. The average Bonchev–Trinajstić information content (AvgIpc) is 2.30. The van der Waals surface area contributed by atoms with Crippen LogP contribution in [0.4, 0.5) is 0 Å². The van der Waals surface area contributed by atoms with Gasteiger partial charge in [-0.25, -0.2) is 0 Å². The Bertz CT molecular complexity index is 267. The summed E-state index contributed by atoms with van der Waals surface area (Å²) in [6.45, 7) is 8.64. The maximum absolute atomic E-state index is 3.44. The summed E-state index contributed by atoms with van der Waals surface area (Å²) in [4.78, 5) is 0. The van der Waals surface area contributed by atoms with Gasteiger partial charge in [-0.05, 0) is 38.4 Å². The van der Waals surface area contributed by atoms with Crippen molar-refractivity contribution in [1.82, 2.24) is 10.6 Å². The van der Waals surface area contributed by atoms with Crippen molar-refractivity contribution in [3.63, 3.8) is 0 Å². The number of benzene rings is 1. The highest BCUT2D eigenvalue weighted by Crippen LogP contribution is 2.02. The van der Waals surface area contributed by atoms with E-state index in [1.165, 1.54) is 17.5 Å². The van der Waals surface area contributed by atoms with E-state index in [2.05, 4.69) is 48.7 Å². The van der Waals surface area contributed by atoms with Gasteiger partial charge in [0.15, 0.2) is 0 Å². The second-order valence-electron chi connectivity index (χ2n) is 4.24. The van der Waals surface area contributed by atoms with Gasteiger partial charge in [0.1, 0.15) is 0 Å². The maximum atomic E-state index is 3.44. The van der Waals surface area contributed by atoms with Crippen LogP contribution in [-0.4, -0.2) is 26.2 Å². The maximum Gasteiger partial charge on any atom is 0.00768 e. The van der Waals surface area contributed by atoms with Crippen molar-refractivity contribution < 1.29 is 0 Å². The zero-order valence-electron chi connectivity index (χ0n) is 10.6. The lowest BCUT2D eigenvalue weighted by molar-refractivity contribution is 0.607. The summed E-state index contributed by atoms with van der Waals surface area (Å²) in [6, 6.07) is 8.79. The molecule has 90 valence electrons. The first-order chi connectivity index (χ1) is 7.83. The van der Waals surface area contributed by atoms with Crippen molar-refractivity contribution in [2.24, 2.45) is 0 Å². The fourth-order valence-electron chi connectivity index (χ4n) is 1.59. The third-order valence-electron chi connectivity index (χ3n) is 2.62. The summed E-state index contributed by atoms with van der Waals surface area (Å²) in [5.74, 6) is 0. The van der Waals surface area contributed by atoms with Crippen molar-refractivity contribution in [3.05, 3.63) is 35.4 Å². The third-order valence-corrected chi connectivity index (χ3v) is 2.62. The van der Waals surface area contributed by atoms with E-state index in [1.807, 2.05) is 0 Å². The molecule has 0 atom stereocenters. The number of hydrogen-bond donors (Lipinski definition) is 2. The molecule has 2 heteroatoms. The number of aryl methyl sites for hydroxylation is 1. The summed E-state index contributed by atoms with van der Waals surface area (Å²) >= 11 is 0. The molecule has 0 unspecified atom stereocenters. The van der Waals surface area contributed by atoms with E-state index in [9.17, 15) is 0 Å². The Morgan fingerprint density at radius 3 is 2.12 bits per heavy atom. The van der Waals surface area contributed by atoms with E-state index in [4.69, 9.17) is 0 Å². The molecule has 0 saturated carbocycles. The third kappa shape index (κ3) is 5.89. The molecule has 0 aliphatic rings. The number of rotatable bonds is 8. The number of nitrogens with one attached hydrogen (secondary N) is 2. The van der Waals surface area contributed by atoms with Gasteiger partial charge in [-0.1, -0.05) is 36.8 Å². The van der Waals surface area contributed by atoms with Crippen molar-refractivity contribution >= 4 is 0 Å². The highest BCUT2D eigenvalue weighted by molar-refractivity contribution is 5.21. The highest BCUT2D eigenvalue weighted by Gasteiger charge is 1.92. The second-order valence-corrected chi connectivity index (χ2v) is 4.24.